The number of nitrogens with zero attached hydrogens (tertiary/aromatic N) is 2. The molecule has 1 heterocycles. The minimum Gasteiger partial charge on any atom is -0.378 e. The Labute approximate surface area is 109 Å². The fourth-order valence-electron chi connectivity index (χ4n) is 1.58. The molecule has 3 N–H and O–H groups in total. The number of H-pyrrole nitrogens is 1. The lowest BCUT2D eigenvalue weighted by Gasteiger charge is -2.12. The summed E-state index contributed by atoms with van der Waals surface area (Å²) >= 11 is 3.38. The molecule has 0 aliphatic carbocycles. The van der Waals surface area contributed by atoms with Gasteiger partial charge in [0.25, 0.3) is 0 Å². The molecule has 5 heteroatoms. The third kappa shape index (κ3) is 2.50. The van der Waals surface area contributed by atoms with Crippen LogP contribution in [0.15, 0.2) is 28.9 Å². The zero-order valence-corrected chi connectivity index (χ0v) is 11.5. The SMILES string of the molecule is CN(C)c1ccc(-c2nc(Br)c(CN)[nH]2)cc1. The van der Waals surface area contributed by atoms with Gasteiger partial charge in [-0.2, -0.15) is 0 Å². The molecule has 4 nitrogen and oxygen atoms in total. The van der Waals surface area contributed by atoms with Gasteiger partial charge in [-0.3, -0.25) is 0 Å². The highest BCUT2D eigenvalue weighted by molar-refractivity contribution is 9.10. The number of nitrogens with two attached hydrogens (primary N) is 1. The molecule has 0 amide bonds. The molecule has 0 saturated carbocycles. The van der Waals surface area contributed by atoms with Crippen LogP contribution in [0, 0.1) is 0 Å². The first-order valence-corrected chi connectivity index (χ1v) is 6.13. The number of hydrogen-bond donors (Lipinski definition) is 2. The van der Waals surface area contributed by atoms with Gasteiger partial charge in [0.1, 0.15) is 10.4 Å². The van der Waals surface area contributed by atoms with E-state index in [1.807, 2.05) is 26.2 Å². The summed E-state index contributed by atoms with van der Waals surface area (Å²) in [6.45, 7) is 0.448. The minimum atomic E-state index is 0.448. The molecule has 0 atom stereocenters. The Balaban J connectivity index is 2.33. The Morgan fingerprint density at radius 3 is 2.41 bits per heavy atom. The van der Waals surface area contributed by atoms with E-state index in [-0.39, 0.29) is 0 Å². The van der Waals surface area contributed by atoms with Crippen molar-refractivity contribution < 1.29 is 0 Å². The molecule has 1 aromatic heterocycles. The van der Waals surface area contributed by atoms with Crippen LogP contribution in [0.3, 0.4) is 0 Å². The lowest BCUT2D eigenvalue weighted by Crippen LogP contribution is -2.07. The predicted octanol–water partition coefficient (Wildman–Crippen LogP) is 2.36. The van der Waals surface area contributed by atoms with Gasteiger partial charge in [-0.15, -0.1) is 0 Å². The van der Waals surface area contributed by atoms with E-state index < -0.39 is 0 Å². The van der Waals surface area contributed by atoms with Crippen LogP contribution in [0.5, 0.6) is 0 Å². The normalized spacial score (nSPS) is 10.6. The van der Waals surface area contributed by atoms with Crippen LogP contribution in [0.4, 0.5) is 5.69 Å². The fourth-order valence-corrected chi connectivity index (χ4v) is 2.02. The van der Waals surface area contributed by atoms with Gasteiger partial charge < -0.3 is 15.6 Å². The Bertz CT molecular complexity index is 502. The molecule has 2 rings (SSSR count). The Morgan fingerprint density at radius 1 is 1.29 bits per heavy atom. The highest BCUT2D eigenvalue weighted by Gasteiger charge is 2.08. The predicted molar refractivity (Wildman–Crippen MR) is 73.9 cm³/mol. The zero-order valence-electron chi connectivity index (χ0n) is 9.87. The lowest BCUT2D eigenvalue weighted by molar-refractivity contribution is 1.00. The maximum atomic E-state index is 5.60. The smallest absolute Gasteiger partial charge is 0.138 e. The summed E-state index contributed by atoms with van der Waals surface area (Å²) in [5, 5.41) is 0. The number of anilines is 1. The number of benzene rings is 1. The van der Waals surface area contributed by atoms with E-state index in [4.69, 9.17) is 5.73 Å². The summed E-state index contributed by atoms with van der Waals surface area (Å²) in [7, 11) is 4.04. The number of halogens is 1. The molecule has 0 radical (unpaired) electrons. The van der Waals surface area contributed by atoms with Crippen LogP contribution in [0.25, 0.3) is 11.4 Å². The number of rotatable bonds is 3. The molecule has 90 valence electrons. The maximum absolute atomic E-state index is 5.60. The van der Waals surface area contributed by atoms with E-state index in [0.717, 1.165) is 21.7 Å². The standard InChI is InChI=1S/C12H15BrN4/c1-17(2)9-5-3-8(4-6-9)12-15-10(7-14)11(13)16-12/h3-6H,7,14H2,1-2H3,(H,15,16). The topological polar surface area (TPSA) is 57.9 Å². The van der Waals surface area contributed by atoms with Crippen LogP contribution in [-0.2, 0) is 6.54 Å². The fraction of sp³-hybridized carbons (Fsp3) is 0.250. The second-order valence-corrected chi connectivity index (χ2v) is 4.75. The molecular formula is C12H15BrN4. The Hall–Kier alpha value is -1.33. The molecular weight excluding hydrogens is 280 g/mol. The molecule has 0 aliphatic rings. The monoisotopic (exact) mass is 294 g/mol. The Kier molecular flexibility index (Phi) is 3.49. The van der Waals surface area contributed by atoms with Gasteiger partial charge in [-0.1, -0.05) is 0 Å². The average molecular weight is 295 g/mol. The van der Waals surface area contributed by atoms with Crippen molar-refractivity contribution in [2.45, 2.75) is 6.54 Å². The average Bonchev–Trinajstić information content (AvgIpc) is 2.70. The van der Waals surface area contributed by atoms with Gasteiger partial charge in [0.05, 0.1) is 5.69 Å². The van der Waals surface area contributed by atoms with E-state index in [1.54, 1.807) is 0 Å². The summed E-state index contributed by atoms with van der Waals surface area (Å²) in [5.74, 6) is 0.836. The summed E-state index contributed by atoms with van der Waals surface area (Å²) in [6, 6.07) is 8.21. The van der Waals surface area contributed by atoms with Gasteiger partial charge >= 0.3 is 0 Å². The first kappa shape index (κ1) is 12.1. The first-order valence-electron chi connectivity index (χ1n) is 5.34. The molecule has 0 unspecified atom stereocenters. The summed E-state index contributed by atoms with van der Waals surface area (Å²) in [4.78, 5) is 9.66. The van der Waals surface area contributed by atoms with E-state index in [0.29, 0.717) is 6.54 Å². The van der Waals surface area contributed by atoms with Crippen molar-refractivity contribution in [1.82, 2.24) is 9.97 Å². The second kappa shape index (κ2) is 4.89. The highest BCUT2D eigenvalue weighted by atomic mass is 79.9. The molecule has 0 fully saturated rings. The number of nitrogens with one attached hydrogen (secondary N) is 1. The van der Waals surface area contributed by atoms with E-state index in [9.17, 15) is 0 Å². The largest absolute Gasteiger partial charge is 0.378 e. The zero-order chi connectivity index (χ0) is 12.4. The van der Waals surface area contributed by atoms with Crippen LogP contribution >= 0.6 is 15.9 Å². The molecule has 17 heavy (non-hydrogen) atoms. The van der Waals surface area contributed by atoms with Crippen molar-refractivity contribution in [2.24, 2.45) is 5.73 Å². The molecule has 0 aliphatic heterocycles. The molecule has 0 bridgehead atoms. The van der Waals surface area contributed by atoms with Crippen LogP contribution < -0.4 is 10.6 Å². The van der Waals surface area contributed by atoms with Gasteiger partial charge in [-0.25, -0.2) is 4.98 Å². The van der Waals surface area contributed by atoms with Crippen molar-refractivity contribution in [3.05, 3.63) is 34.6 Å². The Morgan fingerprint density at radius 2 is 1.94 bits per heavy atom. The van der Waals surface area contributed by atoms with E-state index in [2.05, 4.69) is 42.9 Å². The van der Waals surface area contributed by atoms with Gasteiger partial charge in [0, 0.05) is 31.9 Å². The van der Waals surface area contributed by atoms with Gasteiger partial charge in [-0.05, 0) is 40.2 Å². The molecule has 0 spiro atoms. The summed E-state index contributed by atoms with van der Waals surface area (Å²) in [6.07, 6.45) is 0. The number of aromatic nitrogens is 2. The number of hydrogen-bond acceptors (Lipinski definition) is 3. The lowest BCUT2D eigenvalue weighted by atomic mass is 10.2. The van der Waals surface area contributed by atoms with Gasteiger partial charge in [0.2, 0.25) is 0 Å². The third-order valence-corrected chi connectivity index (χ3v) is 3.25. The summed E-state index contributed by atoms with van der Waals surface area (Å²) in [5.41, 5.74) is 8.73. The highest BCUT2D eigenvalue weighted by Crippen LogP contribution is 2.23. The molecule has 2 aromatic rings. The third-order valence-electron chi connectivity index (χ3n) is 2.59. The quantitative estimate of drug-likeness (QED) is 0.914. The number of aromatic amines is 1. The van der Waals surface area contributed by atoms with Crippen LogP contribution in [0.2, 0.25) is 0 Å². The molecule has 1 aromatic carbocycles. The van der Waals surface area contributed by atoms with E-state index in [1.165, 1.54) is 5.69 Å². The van der Waals surface area contributed by atoms with Crippen molar-refractivity contribution in [2.75, 3.05) is 19.0 Å². The molecule has 0 saturated heterocycles. The van der Waals surface area contributed by atoms with Crippen LogP contribution in [0.1, 0.15) is 5.69 Å². The van der Waals surface area contributed by atoms with Gasteiger partial charge in [0.15, 0.2) is 0 Å². The first-order chi connectivity index (χ1) is 8.11. The number of imidazole rings is 1. The second-order valence-electron chi connectivity index (χ2n) is 4.00. The summed E-state index contributed by atoms with van der Waals surface area (Å²) < 4.78 is 0.784. The maximum Gasteiger partial charge on any atom is 0.138 e. The van der Waals surface area contributed by atoms with Crippen molar-refractivity contribution in [3.63, 3.8) is 0 Å². The van der Waals surface area contributed by atoms with Crippen LogP contribution in [-0.4, -0.2) is 24.1 Å². The van der Waals surface area contributed by atoms with Crippen molar-refractivity contribution in [1.29, 1.82) is 0 Å². The van der Waals surface area contributed by atoms with Crippen molar-refractivity contribution >= 4 is 21.6 Å². The van der Waals surface area contributed by atoms with Crippen molar-refractivity contribution in [3.8, 4) is 11.4 Å². The van der Waals surface area contributed by atoms with E-state index >= 15 is 0 Å². The minimum absolute atomic E-state index is 0.448.